The van der Waals surface area contributed by atoms with Crippen LogP contribution in [0.5, 0.6) is 0 Å². The Labute approximate surface area is 147 Å². The molecule has 2 aromatic carbocycles. The number of aromatic nitrogens is 5. The largest absolute Gasteiger partial charge is 0.366 e. The van der Waals surface area contributed by atoms with Gasteiger partial charge in [0.2, 0.25) is 5.91 Å². The summed E-state index contributed by atoms with van der Waals surface area (Å²) >= 11 is 0. The van der Waals surface area contributed by atoms with Gasteiger partial charge in [0.15, 0.2) is 11.2 Å². The van der Waals surface area contributed by atoms with E-state index < -0.39 is 5.91 Å². The predicted molar refractivity (Wildman–Crippen MR) is 95.0 cm³/mol. The van der Waals surface area contributed by atoms with Crippen LogP contribution in [0.3, 0.4) is 0 Å². The molecule has 0 aliphatic carbocycles. The molecule has 2 N–H and O–H groups in total. The maximum atomic E-state index is 12.7. The van der Waals surface area contributed by atoms with Crippen molar-refractivity contribution in [2.75, 3.05) is 0 Å². The van der Waals surface area contributed by atoms with Crippen LogP contribution in [0.2, 0.25) is 0 Å². The number of para-hydroxylation sites is 1. The minimum absolute atomic E-state index is 0.199. The minimum Gasteiger partial charge on any atom is -0.366 e. The number of benzene rings is 2. The molecule has 1 amide bonds. The Kier molecular flexibility index (Phi) is 3.77. The normalized spacial score (nSPS) is 10.9. The fourth-order valence-electron chi connectivity index (χ4n) is 2.67. The van der Waals surface area contributed by atoms with Gasteiger partial charge in [0, 0.05) is 5.56 Å². The number of fused-ring (bicyclic) bond motifs is 1. The zero-order chi connectivity index (χ0) is 18.1. The molecule has 0 unspecified atom stereocenters. The molecule has 0 saturated heterocycles. The molecular formula is C18H14N6O2. The van der Waals surface area contributed by atoms with Crippen molar-refractivity contribution in [2.45, 2.75) is 6.54 Å². The van der Waals surface area contributed by atoms with Crippen LogP contribution in [0, 0.1) is 0 Å². The second-order valence-corrected chi connectivity index (χ2v) is 5.75. The monoisotopic (exact) mass is 346 g/mol. The molecule has 0 aliphatic rings. The molecule has 128 valence electrons. The molecule has 0 fully saturated rings. The van der Waals surface area contributed by atoms with Crippen molar-refractivity contribution in [3.8, 4) is 5.69 Å². The third kappa shape index (κ3) is 2.73. The Hall–Kier alpha value is -3.81. The van der Waals surface area contributed by atoms with E-state index in [2.05, 4.69) is 15.3 Å². The molecule has 0 bridgehead atoms. The Balaban J connectivity index is 1.70. The average Bonchev–Trinajstić information content (AvgIpc) is 3.10. The van der Waals surface area contributed by atoms with Crippen LogP contribution in [0.25, 0.3) is 16.9 Å². The van der Waals surface area contributed by atoms with E-state index in [1.807, 2.05) is 30.3 Å². The first-order valence-electron chi connectivity index (χ1n) is 7.88. The predicted octanol–water partition coefficient (Wildman–Crippen LogP) is 1.12. The quantitative estimate of drug-likeness (QED) is 0.596. The Morgan fingerprint density at radius 2 is 1.77 bits per heavy atom. The molecule has 0 atom stereocenters. The first kappa shape index (κ1) is 15.7. The lowest BCUT2D eigenvalue weighted by Gasteiger charge is -2.06. The molecule has 4 aromatic rings. The van der Waals surface area contributed by atoms with Crippen molar-refractivity contribution in [3.63, 3.8) is 0 Å². The first-order chi connectivity index (χ1) is 12.6. The summed E-state index contributed by atoms with van der Waals surface area (Å²) in [5, 5.41) is 8.04. The van der Waals surface area contributed by atoms with Gasteiger partial charge in [-0.3, -0.25) is 14.2 Å². The highest BCUT2D eigenvalue weighted by atomic mass is 16.1. The van der Waals surface area contributed by atoms with Gasteiger partial charge >= 0.3 is 0 Å². The summed E-state index contributed by atoms with van der Waals surface area (Å²) in [7, 11) is 0. The van der Waals surface area contributed by atoms with Crippen LogP contribution in [-0.4, -0.2) is 30.5 Å². The summed E-state index contributed by atoms with van der Waals surface area (Å²) in [5.41, 5.74) is 7.59. The SMILES string of the molecule is NC(=O)c1ccc(Cn2cnc3c(nnn3-c3ccccc3)c2=O)cc1. The Morgan fingerprint density at radius 3 is 2.46 bits per heavy atom. The second-order valence-electron chi connectivity index (χ2n) is 5.75. The maximum absolute atomic E-state index is 12.7. The number of rotatable bonds is 4. The van der Waals surface area contributed by atoms with Crippen molar-refractivity contribution in [2.24, 2.45) is 5.73 Å². The summed E-state index contributed by atoms with van der Waals surface area (Å²) in [5.74, 6) is -0.491. The minimum atomic E-state index is -0.491. The van der Waals surface area contributed by atoms with E-state index in [0.29, 0.717) is 17.8 Å². The number of carbonyl (C=O) groups excluding carboxylic acids is 1. The van der Waals surface area contributed by atoms with Crippen molar-refractivity contribution in [1.29, 1.82) is 0 Å². The molecule has 0 radical (unpaired) electrons. The van der Waals surface area contributed by atoms with Crippen molar-refractivity contribution in [3.05, 3.63) is 82.4 Å². The van der Waals surface area contributed by atoms with Crippen LogP contribution in [0.4, 0.5) is 0 Å². The molecular weight excluding hydrogens is 332 g/mol. The topological polar surface area (TPSA) is 109 Å². The average molecular weight is 346 g/mol. The molecule has 2 aromatic heterocycles. The van der Waals surface area contributed by atoms with Gasteiger partial charge in [-0.05, 0) is 29.8 Å². The number of hydrogen-bond donors (Lipinski definition) is 1. The van der Waals surface area contributed by atoms with Gasteiger partial charge in [0.1, 0.15) is 6.33 Å². The molecule has 0 aliphatic heterocycles. The van der Waals surface area contributed by atoms with Crippen LogP contribution in [-0.2, 0) is 6.54 Å². The van der Waals surface area contributed by atoms with Gasteiger partial charge < -0.3 is 5.73 Å². The lowest BCUT2D eigenvalue weighted by Crippen LogP contribution is -2.21. The van der Waals surface area contributed by atoms with Crippen molar-refractivity contribution >= 4 is 17.1 Å². The summed E-state index contributed by atoms with van der Waals surface area (Å²) in [6.07, 6.45) is 1.47. The standard InChI is InChI=1S/C18H14N6O2/c19-16(25)13-8-6-12(7-9-13)10-23-11-20-17-15(18(23)26)21-22-24(17)14-4-2-1-3-5-14/h1-9,11H,10H2,(H2,19,25). The van der Waals surface area contributed by atoms with E-state index in [0.717, 1.165) is 11.3 Å². The van der Waals surface area contributed by atoms with Crippen molar-refractivity contribution < 1.29 is 4.79 Å². The number of nitrogens with two attached hydrogens (primary N) is 1. The molecule has 4 rings (SSSR count). The lowest BCUT2D eigenvalue weighted by atomic mass is 10.1. The molecule has 2 heterocycles. The number of hydrogen-bond acceptors (Lipinski definition) is 5. The summed E-state index contributed by atoms with van der Waals surface area (Å²) in [6, 6.07) is 16.1. The van der Waals surface area contributed by atoms with Gasteiger partial charge in [-0.25, -0.2) is 4.98 Å². The summed E-state index contributed by atoms with van der Waals surface area (Å²) in [6.45, 7) is 0.305. The Bertz CT molecular complexity index is 1150. The third-order valence-electron chi connectivity index (χ3n) is 4.02. The van der Waals surface area contributed by atoms with Gasteiger partial charge in [-0.2, -0.15) is 4.68 Å². The number of amides is 1. The molecule has 8 nitrogen and oxygen atoms in total. The van der Waals surface area contributed by atoms with Crippen LogP contribution in [0.15, 0.2) is 65.7 Å². The van der Waals surface area contributed by atoms with Crippen LogP contribution < -0.4 is 11.3 Å². The summed E-state index contributed by atoms with van der Waals surface area (Å²) < 4.78 is 2.98. The van der Waals surface area contributed by atoms with E-state index in [4.69, 9.17) is 5.73 Å². The number of primary amides is 1. The Morgan fingerprint density at radius 1 is 1.04 bits per heavy atom. The van der Waals surface area contributed by atoms with Crippen molar-refractivity contribution in [1.82, 2.24) is 24.5 Å². The zero-order valence-corrected chi connectivity index (χ0v) is 13.6. The van der Waals surface area contributed by atoms with Crippen LogP contribution in [0.1, 0.15) is 15.9 Å². The maximum Gasteiger partial charge on any atom is 0.283 e. The van der Waals surface area contributed by atoms with E-state index in [9.17, 15) is 9.59 Å². The molecule has 26 heavy (non-hydrogen) atoms. The van der Waals surface area contributed by atoms with E-state index in [1.165, 1.54) is 15.6 Å². The number of nitrogens with zero attached hydrogens (tertiary/aromatic N) is 5. The molecule has 8 heteroatoms. The molecule has 0 spiro atoms. The fourth-order valence-corrected chi connectivity index (χ4v) is 2.67. The van der Waals surface area contributed by atoms with Gasteiger partial charge in [0.25, 0.3) is 5.56 Å². The second kappa shape index (κ2) is 6.25. The highest BCUT2D eigenvalue weighted by Gasteiger charge is 2.13. The highest BCUT2D eigenvalue weighted by molar-refractivity contribution is 5.92. The van der Waals surface area contributed by atoms with Gasteiger partial charge in [-0.15, -0.1) is 5.10 Å². The fraction of sp³-hybridized carbons (Fsp3) is 0.0556. The molecule has 0 saturated carbocycles. The van der Waals surface area contributed by atoms with E-state index in [1.54, 1.807) is 24.3 Å². The zero-order valence-electron chi connectivity index (χ0n) is 13.6. The van der Waals surface area contributed by atoms with E-state index in [-0.39, 0.29) is 11.1 Å². The van der Waals surface area contributed by atoms with Crippen LogP contribution >= 0.6 is 0 Å². The highest BCUT2D eigenvalue weighted by Crippen LogP contribution is 2.11. The summed E-state index contributed by atoms with van der Waals surface area (Å²) in [4.78, 5) is 28.2. The van der Waals surface area contributed by atoms with Gasteiger partial charge in [-0.1, -0.05) is 35.5 Å². The van der Waals surface area contributed by atoms with Gasteiger partial charge in [0.05, 0.1) is 12.2 Å². The third-order valence-corrected chi connectivity index (χ3v) is 4.02. The first-order valence-corrected chi connectivity index (χ1v) is 7.88. The lowest BCUT2D eigenvalue weighted by molar-refractivity contribution is 0.100. The smallest absolute Gasteiger partial charge is 0.283 e. The number of carbonyl (C=O) groups is 1. The van der Waals surface area contributed by atoms with E-state index >= 15 is 0 Å².